The molecule has 2 aromatic carbocycles. The number of rotatable bonds is 4. The van der Waals surface area contributed by atoms with E-state index in [2.05, 4.69) is 0 Å². The molecule has 2 aliphatic rings. The summed E-state index contributed by atoms with van der Waals surface area (Å²) in [5.41, 5.74) is 0.792. The van der Waals surface area contributed by atoms with E-state index < -0.39 is 23.6 Å². The van der Waals surface area contributed by atoms with Crippen LogP contribution < -0.4 is 0 Å². The number of benzene rings is 2. The molecule has 0 bridgehead atoms. The highest BCUT2D eigenvalue weighted by molar-refractivity contribution is 6.35. The number of hydrogen-bond acceptors (Lipinski definition) is 3. The Morgan fingerprint density at radius 3 is 2.20 bits per heavy atom. The Bertz CT molecular complexity index is 993. The monoisotopic (exact) mass is 414 g/mol. The quantitative estimate of drug-likeness (QED) is 0.693. The molecule has 30 heavy (non-hydrogen) atoms. The van der Waals surface area contributed by atoms with Crippen molar-refractivity contribution >= 4 is 17.4 Å². The minimum absolute atomic E-state index is 0.199. The molecule has 4 nitrogen and oxygen atoms in total. The number of hydrogen-bond donors (Lipinski definition) is 0. The highest BCUT2D eigenvalue weighted by Gasteiger charge is 2.42. The number of carbonyl (C=O) groups is 2. The molecule has 156 valence electrons. The Morgan fingerprint density at radius 1 is 0.833 bits per heavy atom. The molecule has 0 aliphatic carbocycles. The highest BCUT2D eigenvalue weighted by atomic mass is 19.4. The lowest BCUT2D eigenvalue weighted by Crippen LogP contribution is -2.36. The lowest BCUT2D eigenvalue weighted by molar-refractivity contribution is -0.138. The van der Waals surface area contributed by atoms with Crippen molar-refractivity contribution in [2.24, 2.45) is 0 Å². The molecule has 1 saturated heterocycles. The number of imide groups is 1. The van der Waals surface area contributed by atoms with Crippen molar-refractivity contribution in [3.05, 3.63) is 77.0 Å². The first-order valence-electron chi connectivity index (χ1n) is 9.93. The molecule has 2 aromatic rings. The summed E-state index contributed by atoms with van der Waals surface area (Å²) in [6, 6.07) is 13.7. The van der Waals surface area contributed by atoms with Crippen LogP contribution in [0.2, 0.25) is 0 Å². The third-order valence-electron chi connectivity index (χ3n) is 5.47. The molecule has 0 N–H and O–H groups in total. The van der Waals surface area contributed by atoms with Crippen LogP contribution in [0.3, 0.4) is 0 Å². The summed E-state index contributed by atoms with van der Waals surface area (Å²) in [5.74, 6) is -0.914. The van der Waals surface area contributed by atoms with Crippen LogP contribution >= 0.6 is 0 Å². The van der Waals surface area contributed by atoms with Gasteiger partial charge in [-0.15, -0.1) is 0 Å². The van der Waals surface area contributed by atoms with Crippen molar-refractivity contribution in [2.75, 3.05) is 13.1 Å². The highest BCUT2D eigenvalue weighted by Crippen LogP contribution is 2.35. The smallest absolute Gasteiger partial charge is 0.366 e. The van der Waals surface area contributed by atoms with Crippen molar-refractivity contribution in [1.82, 2.24) is 9.80 Å². The molecule has 4 rings (SSSR count). The zero-order valence-corrected chi connectivity index (χ0v) is 16.3. The summed E-state index contributed by atoms with van der Waals surface area (Å²) in [6.45, 7) is 1.17. The molecule has 0 radical (unpaired) electrons. The first kappa shape index (κ1) is 20.2. The fourth-order valence-corrected chi connectivity index (χ4v) is 4.01. The summed E-state index contributed by atoms with van der Waals surface area (Å²) >= 11 is 0. The van der Waals surface area contributed by atoms with Gasteiger partial charge in [-0.05, 0) is 42.5 Å². The van der Waals surface area contributed by atoms with Crippen LogP contribution in [0, 0.1) is 0 Å². The average Bonchev–Trinajstić information content (AvgIpc) is 2.99. The predicted molar refractivity (Wildman–Crippen MR) is 106 cm³/mol. The number of nitrogens with zero attached hydrogens (tertiary/aromatic N) is 2. The van der Waals surface area contributed by atoms with Crippen molar-refractivity contribution < 1.29 is 22.8 Å². The van der Waals surface area contributed by atoms with Gasteiger partial charge >= 0.3 is 6.18 Å². The van der Waals surface area contributed by atoms with Gasteiger partial charge in [-0.3, -0.25) is 14.5 Å². The summed E-state index contributed by atoms with van der Waals surface area (Å²) in [4.78, 5) is 29.5. The van der Waals surface area contributed by atoms with Gasteiger partial charge in [0.15, 0.2) is 0 Å². The van der Waals surface area contributed by atoms with Crippen LogP contribution in [0.25, 0.3) is 5.57 Å². The zero-order chi connectivity index (χ0) is 21.3. The van der Waals surface area contributed by atoms with Crippen LogP contribution in [0.15, 0.2) is 60.3 Å². The van der Waals surface area contributed by atoms with Gasteiger partial charge in [0.25, 0.3) is 11.8 Å². The third-order valence-corrected chi connectivity index (χ3v) is 5.47. The van der Waals surface area contributed by atoms with Crippen molar-refractivity contribution in [3.8, 4) is 0 Å². The van der Waals surface area contributed by atoms with Gasteiger partial charge in [-0.2, -0.15) is 13.2 Å². The minimum Gasteiger partial charge on any atom is -0.366 e. The predicted octanol–water partition coefficient (Wildman–Crippen LogP) is 4.47. The van der Waals surface area contributed by atoms with Crippen LogP contribution in [0.4, 0.5) is 13.2 Å². The lowest BCUT2D eigenvalue weighted by atomic mass is 10.0. The molecular weight excluding hydrogens is 393 g/mol. The molecule has 2 amide bonds. The summed E-state index contributed by atoms with van der Waals surface area (Å²) < 4.78 is 39.2. The molecule has 7 heteroatoms. The van der Waals surface area contributed by atoms with Crippen LogP contribution in [0.1, 0.15) is 36.0 Å². The maximum Gasteiger partial charge on any atom is 0.416 e. The number of carbonyl (C=O) groups excluding carboxylic acids is 2. The topological polar surface area (TPSA) is 40.6 Å². The molecule has 0 saturated carbocycles. The molecule has 0 atom stereocenters. The van der Waals surface area contributed by atoms with E-state index in [9.17, 15) is 22.8 Å². The molecule has 2 heterocycles. The Labute approximate surface area is 172 Å². The molecule has 2 aliphatic heterocycles. The van der Waals surface area contributed by atoms with Gasteiger partial charge in [0.1, 0.15) is 5.70 Å². The van der Waals surface area contributed by atoms with Gasteiger partial charge < -0.3 is 4.90 Å². The second-order valence-electron chi connectivity index (χ2n) is 7.53. The molecule has 0 aromatic heterocycles. The second kappa shape index (κ2) is 7.97. The van der Waals surface area contributed by atoms with E-state index in [0.29, 0.717) is 29.9 Å². The summed E-state index contributed by atoms with van der Waals surface area (Å²) in [6.07, 6.45) is -1.55. The number of amides is 2. The third kappa shape index (κ3) is 3.84. The Morgan fingerprint density at radius 2 is 1.53 bits per heavy atom. The normalized spacial score (nSPS) is 17.8. The standard InChI is InChI=1S/C23H21F3N2O2/c24-23(25,26)18-11-7-8-16(14-18)15-28-21(29)19(17-9-3-1-4-10-17)20(22(28)30)27-12-5-2-6-13-27/h1,3-4,7-11,14H,2,5-6,12-13,15H2. The van der Waals surface area contributed by atoms with E-state index in [1.54, 1.807) is 24.3 Å². The Kier molecular flexibility index (Phi) is 5.37. The van der Waals surface area contributed by atoms with E-state index in [1.807, 2.05) is 11.0 Å². The fraction of sp³-hybridized carbons (Fsp3) is 0.304. The second-order valence-corrected chi connectivity index (χ2v) is 7.53. The lowest BCUT2D eigenvalue weighted by Gasteiger charge is -2.29. The maximum absolute atomic E-state index is 13.3. The van der Waals surface area contributed by atoms with Crippen molar-refractivity contribution in [1.29, 1.82) is 0 Å². The maximum atomic E-state index is 13.3. The van der Waals surface area contributed by atoms with Gasteiger partial charge in [-0.25, -0.2) is 0 Å². The van der Waals surface area contributed by atoms with E-state index in [-0.39, 0.29) is 12.1 Å². The number of halogens is 3. The first-order valence-corrected chi connectivity index (χ1v) is 9.93. The van der Waals surface area contributed by atoms with Crippen LogP contribution in [0.5, 0.6) is 0 Å². The fourth-order valence-electron chi connectivity index (χ4n) is 4.01. The van der Waals surface area contributed by atoms with Crippen molar-refractivity contribution in [2.45, 2.75) is 32.0 Å². The molecule has 0 unspecified atom stereocenters. The van der Waals surface area contributed by atoms with Crippen LogP contribution in [-0.2, 0) is 22.3 Å². The Hall–Kier alpha value is -3.09. The van der Waals surface area contributed by atoms with Gasteiger partial charge in [-0.1, -0.05) is 42.5 Å². The van der Waals surface area contributed by atoms with E-state index in [4.69, 9.17) is 0 Å². The largest absolute Gasteiger partial charge is 0.416 e. The Balaban J connectivity index is 1.69. The molecule has 0 spiro atoms. The minimum atomic E-state index is -4.48. The van der Waals surface area contributed by atoms with E-state index in [1.165, 1.54) is 12.1 Å². The van der Waals surface area contributed by atoms with E-state index >= 15 is 0 Å². The van der Waals surface area contributed by atoms with Gasteiger partial charge in [0.2, 0.25) is 0 Å². The van der Waals surface area contributed by atoms with Crippen LogP contribution in [-0.4, -0.2) is 34.7 Å². The van der Waals surface area contributed by atoms with Gasteiger partial charge in [0, 0.05) is 13.1 Å². The van der Waals surface area contributed by atoms with Crippen molar-refractivity contribution in [3.63, 3.8) is 0 Å². The van der Waals surface area contributed by atoms with Gasteiger partial charge in [0.05, 0.1) is 17.7 Å². The zero-order valence-electron chi connectivity index (χ0n) is 16.3. The summed E-state index contributed by atoms with van der Waals surface area (Å²) in [7, 11) is 0. The molecular formula is C23H21F3N2O2. The number of likely N-dealkylation sites (tertiary alicyclic amines) is 1. The SMILES string of the molecule is O=C1C(c2ccccc2)=C(N2CCCCC2)C(=O)N1Cc1cccc(C(F)(F)F)c1. The summed E-state index contributed by atoms with van der Waals surface area (Å²) in [5, 5.41) is 0. The molecule has 1 fully saturated rings. The average molecular weight is 414 g/mol. The number of piperidine rings is 1. The number of alkyl halides is 3. The first-order chi connectivity index (χ1) is 14.4. The van der Waals surface area contributed by atoms with E-state index in [0.717, 1.165) is 36.3 Å².